The van der Waals surface area contributed by atoms with E-state index in [1.165, 1.54) is 25.5 Å². The second-order valence-corrected chi connectivity index (χ2v) is 6.47. The number of amides is 1. The fourth-order valence-corrected chi connectivity index (χ4v) is 2.94. The van der Waals surface area contributed by atoms with Gasteiger partial charge in [-0.25, -0.2) is 5.43 Å². The molecule has 0 atom stereocenters. The Hall–Kier alpha value is -3.30. The predicted molar refractivity (Wildman–Crippen MR) is 107 cm³/mol. The van der Waals surface area contributed by atoms with E-state index in [1.54, 1.807) is 18.2 Å². The molecular weight excluding hydrogens is 376 g/mol. The van der Waals surface area contributed by atoms with Gasteiger partial charge in [-0.2, -0.15) is 5.10 Å². The van der Waals surface area contributed by atoms with Crippen LogP contribution in [0.2, 0.25) is 0 Å². The first-order chi connectivity index (χ1) is 14.1. The van der Waals surface area contributed by atoms with Gasteiger partial charge in [0.25, 0.3) is 5.91 Å². The molecule has 1 aliphatic rings. The maximum absolute atomic E-state index is 12.2. The minimum atomic E-state index is -0.534. The van der Waals surface area contributed by atoms with Gasteiger partial charge in [-0.05, 0) is 29.8 Å². The Morgan fingerprint density at radius 3 is 2.66 bits per heavy atom. The topological polar surface area (TPSA) is 106 Å². The highest BCUT2D eigenvalue weighted by Gasteiger charge is 2.14. The van der Waals surface area contributed by atoms with Crippen molar-refractivity contribution in [1.82, 2.24) is 10.3 Å². The summed E-state index contributed by atoms with van der Waals surface area (Å²) in [5.41, 5.74) is 4.33. The summed E-state index contributed by atoms with van der Waals surface area (Å²) in [6.45, 7) is 4.12. The molecule has 1 aliphatic heterocycles. The van der Waals surface area contributed by atoms with Gasteiger partial charge in [0.05, 0.1) is 31.5 Å². The van der Waals surface area contributed by atoms with E-state index in [1.807, 2.05) is 12.1 Å². The van der Waals surface area contributed by atoms with E-state index >= 15 is 0 Å². The Balaban J connectivity index is 1.57. The van der Waals surface area contributed by atoms with E-state index in [0.717, 1.165) is 38.4 Å². The third kappa shape index (κ3) is 5.59. The molecule has 1 saturated heterocycles. The zero-order valence-corrected chi connectivity index (χ0v) is 16.0. The van der Waals surface area contributed by atoms with Gasteiger partial charge in [-0.1, -0.05) is 12.1 Å². The Morgan fingerprint density at radius 1 is 1.28 bits per heavy atom. The maximum atomic E-state index is 12.2. The fourth-order valence-electron chi connectivity index (χ4n) is 2.94. The lowest BCUT2D eigenvalue weighted by Gasteiger charge is -2.26. The van der Waals surface area contributed by atoms with E-state index in [9.17, 15) is 14.9 Å². The van der Waals surface area contributed by atoms with Crippen molar-refractivity contribution < 1.29 is 19.2 Å². The van der Waals surface area contributed by atoms with Crippen molar-refractivity contribution in [3.05, 3.63) is 69.3 Å². The summed E-state index contributed by atoms with van der Waals surface area (Å²) in [6.07, 6.45) is 1.34. The Labute approximate surface area is 168 Å². The van der Waals surface area contributed by atoms with Crippen molar-refractivity contribution >= 4 is 17.8 Å². The van der Waals surface area contributed by atoms with Crippen LogP contribution in [0.4, 0.5) is 5.69 Å². The first-order valence-electron chi connectivity index (χ1n) is 9.11. The second kappa shape index (κ2) is 9.76. The number of ether oxygens (including phenoxy) is 2. The van der Waals surface area contributed by atoms with E-state index in [4.69, 9.17) is 9.47 Å². The molecule has 9 heteroatoms. The number of methoxy groups -OCH3 is 1. The number of nitrogens with zero attached hydrogens (tertiary/aromatic N) is 3. The van der Waals surface area contributed by atoms with Crippen LogP contribution in [0.3, 0.4) is 0 Å². The Bertz CT molecular complexity index is 892. The maximum Gasteiger partial charge on any atom is 0.311 e. The van der Waals surface area contributed by atoms with Gasteiger partial charge in [0, 0.05) is 36.8 Å². The summed E-state index contributed by atoms with van der Waals surface area (Å²) < 4.78 is 10.3. The molecule has 2 aromatic rings. The van der Waals surface area contributed by atoms with Crippen LogP contribution in [0.1, 0.15) is 21.5 Å². The van der Waals surface area contributed by atoms with Crippen LogP contribution in [-0.4, -0.2) is 55.4 Å². The monoisotopic (exact) mass is 398 g/mol. The number of nitro groups is 1. The van der Waals surface area contributed by atoms with Gasteiger partial charge in [0.1, 0.15) is 0 Å². The number of benzene rings is 2. The molecule has 0 saturated carbocycles. The smallest absolute Gasteiger partial charge is 0.311 e. The minimum Gasteiger partial charge on any atom is -0.490 e. The molecule has 0 aromatic heterocycles. The number of nitro benzene ring substituents is 1. The van der Waals surface area contributed by atoms with Gasteiger partial charge >= 0.3 is 5.69 Å². The lowest BCUT2D eigenvalue weighted by atomic mass is 10.1. The summed E-state index contributed by atoms with van der Waals surface area (Å²) >= 11 is 0. The van der Waals surface area contributed by atoms with Crippen LogP contribution in [0.5, 0.6) is 5.75 Å². The van der Waals surface area contributed by atoms with Gasteiger partial charge in [0.2, 0.25) is 0 Å². The quantitative estimate of drug-likeness (QED) is 0.435. The molecule has 0 unspecified atom stereocenters. The third-order valence-electron chi connectivity index (χ3n) is 4.51. The van der Waals surface area contributed by atoms with Crippen molar-refractivity contribution in [2.45, 2.75) is 6.54 Å². The van der Waals surface area contributed by atoms with E-state index in [-0.39, 0.29) is 17.3 Å². The van der Waals surface area contributed by atoms with E-state index in [2.05, 4.69) is 15.4 Å². The van der Waals surface area contributed by atoms with Crippen LogP contribution in [0, 0.1) is 10.1 Å². The van der Waals surface area contributed by atoms with Crippen LogP contribution < -0.4 is 10.2 Å². The summed E-state index contributed by atoms with van der Waals surface area (Å²) in [5, 5.41) is 14.9. The molecule has 29 heavy (non-hydrogen) atoms. The molecule has 1 amide bonds. The lowest BCUT2D eigenvalue weighted by molar-refractivity contribution is -0.385. The molecular formula is C20H22N4O5. The van der Waals surface area contributed by atoms with Crippen molar-refractivity contribution in [2.75, 3.05) is 33.4 Å². The highest BCUT2D eigenvalue weighted by atomic mass is 16.6. The number of rotatable bonds is 7. The number of hydrazone groups is 1. The summed E-state index contributed by atoms with van der Waals surface area (Å²) in [5.74, 6) is -0.199. The summed E-state index contributed by atoms with van der Waals surface area (Å²) in [6, 6.07) is 11.8. The number of hydrogen-bond donors (Lipinski definition) is 1. The first-order valence-corrected chi connectivity index (χ1v) is 9.11. The molecule has 3 rings (SSSR count). The minimum absolute atomic E-state index is 0.161. The Morgan fingerprint density at radius 2 is 2.00 bits per heavy atom. The average molecular weight is 398 g/mol. The molecule has 0 spiro atoms. The highest BCUT2D eigenvalue weighted by molar-refractivity contribution is 5.95. The zero-order chi connectivity index (χ0) is 20.6. The van der Waals surface area contributed by atoms with Crippen LogP contribution in [-0.2, 0) is 11.3 Å². The molecule has 0 bridgehead atoms. The zero-order valence-electron chi connectivity index (χ0n) is 16.0. The molecule has 0 aliphatic carbocycles. The Kier molecular flexibility index (Phi) is 6.88. The highest BCUT2D eigenvalue weighted by Crippen LogP contribution is 2.26. The van der Waals surface area contributed by atoms with Crippen molar-refractivity contribution in [3.63, 3.8) is 0 Å². The van der Waals surface area contributed by atoms with Gasteiger partial charge < -0.3 is 9.47 Å². The van der Waals surface area contributed by atoms with Gasteiger partial charge in [0.15, 0.2) is 5.75 Å². The standard InChI is InChI=1S/C20H22N4O5/c1-28-19-7-4-16(12-18(19)24(26)27)13-21-22-20(25)17-5-2-15(3-6-17)14-23-8-10-29-11-9-23/h2-7,12-13H,8-11,14H2,1H3,(H,22,25). The molecule has 9 nitrogen and oxygen atoms in total. The van der Waals surface area contributed by atoms with Crippen LogP contribution in [0.15, 0.2) is 47.6 Å². The van der Waals surface area contributed by atoms with Crippen molar-refractivity contribution in [2.24, 2.45) is 5.10 Å². The molecule has 1 N–H and O–H groups in total. The second-order valence-electron chi connectivity index (χ2n) is 6.47. The normalized spacial score (nSPS) is 14.7. The summed E-state index contributed by atoms with van der Waals surface area (Å²) in [7, 11) is 1.36. The predicted octanol–water partition coefficient (Wildman–Crippen LogP) is 2.20. The molecule has 1 heterocycles. The summed E-state index contributed by atoms with van der Waals surface area (Å²) in [4.78, 5) is 25.1. The van der Waals surface area contributed by atoms with Gasteiger partial charge in [-0.15, -0.1) is 0 Å². The number of nitrogens with one attached hydrogen (secondary N) is 1. The molecule has 2 aromatic carbocycles. The first kappa shape index (κ1) is 20.4. The molecule has 0 radical (unpaired) electrons. The fraction of sp³-hybridized carbons (Fsp3) is 0.300. The molecule has 152 valence electrons. The van der Waals surface area contributed by atoms with Crippen LogP contribution in [0.25, 0.3) is 0 Å². The number of carbonyl (C=O) groups is 1. The van der Waals surface area contributed by atoms with Gasteiger partial charge in [-0.3, -0.25) is 19.8 Å². The average Bonchev–Trinajstić information content (AvgIpc) is 2.74. The van der Waals surface area contributed by atoms with Crippen LogP contribution >= 0.6 is 0 Å². The molecule has 1 fully saturated rings. The van der Waals surface area contributed by atoms with E-state index < -0.39 is 4.92 Å². The SMILES string of the molecule is COc1ccc(C=NNC(=O)c2ccc(CN3CCOCC3)cc2)cc1[N+](=O)[O-]. The number of carbonyl (C=O) groups excluding carboxylic acids is 1. The van der Waals surface area contributed by atoms with Crippen molar-refractivity contribution in [1.29, 1.82) is 0 Å². The third-order valence-corrected chi connectivity index (χ3v) is 4.51. The van der Waals surface area contributed by atoms with E-state index in [0.29, 0.717) is 11.1 Å². The lowest BCUT2D eigenvalue weighted by Crippen LogP contribution is -2.35. The largest absolute Gasteiger partial charge is 0.490 e. The van der Waals surface area contributed by atoms with Crippen molar-refractivity contribution in [3.8, 4) is 5.75 Å². The number of hydrogen-bond acceptors (Lipinski definition) is 7. The number of morpholine rings is 1.